The number of rotatable bonds is 9. The third-order valence-corrected chi connectivity index (χ3v) is 12.8. The van der Waals surface area contributed by atoms with Crippen LogP contribution in [0.1, 0.15) is 64.2 Å². The number of anilines is 2. The zero-order chi connectivity index (χ0) is 28.9. The van der Waals surface area contributed by atoms with Gasteiger partial charge in [-0.05, 0) is 77.7 Å². The van der Waals surface area contributed by atoms with Crippen molar-refractivity contribution in [2.45, 2.75) is 75.5 Å². The predicted octanol–water partition coefficient (Wildman–Crippen LogP) is 8.94. The van der Waals surface area contributed by atoms with E-state index in [2.05, 4.69) is 92.6 Å². The van der Waals surface area contributed by atoms with Crippen molar-refractivity contribution in [1.82, 2.24) is 0 Å². The van der Waals surface area contributed by atoms with Crippen LogP contribution in [-0.2, 0) is 0 Å². The first-order valence-corrected chi connectivity index (χ1v) is 17.0. The number of hydrogen-bond donors (Lipinski definition) is 0. The highest BCUT2D eigenvalue weighted by atomic mass is 31.1. The van der Waals surface area contributed by atoms with Gasteiger partial charge in [-0.2, -0.15) is 0 Å². The Morgan fingerprint density at radius 1 is 0.561 bits per heavy atom. The minimum atomic E-state index is -0.427. The summed E-state index contributed by atoms with van der Waals surface area (Å²) >= 11 is 0. The number of nitrogens with zero attached hydrogens (tertiary/aromatic N) is 2. The van der Waals surface area contributed by atoms with Crippen molar-refractivity contribution >= 4 is 24.6 Å². The van der Waals surface area contributed by atoms with E-state index in [9.17, 15) is 0 Å². The van der Waals surface area contributed by atoms with Gasteiger partial charge in [-0.1, -0.05) is 76.8 Å². The van der Waals surface area contributed by atoms with Crippen molar-refractivity contribution in [3.63, 3.8) is 0 Å². The average molecular weight is 573 g/mol. The molecule has 4 nitrogen and oxygen atoms in total. The summed E-state index contributed by atoms with van der Waals surface area (Å²) in [5, 5.41) is 1.57. The Balaban J connectivity index is 1.89. The maximum absolute atomic E-state index is 6.12. The first kappa shape index (κ1) is 29.8. The van der Waals surface area contributed by atoms with Crippen LogP contribution in [0.25, 0.3) is 22.3 Å². The predicted molar refractivity (Wildman–Crippen MR) is 179 cm³/mol. The summed E-state index contributed by atoms with van der Waals surface area (Å²) in [5.74, 6) is 1.90. The molecule has 0 radical (unpaired) electrons. The van der Waals surface area contributed by atoms with Gasteiger partial charge in [0.25, 0.3) is 0 Å². The molecule has 0 aliphatic heterocycles. The second-order valence-electron chi connectivity index (χ2n) is 12.2. The molecule has 0 spiro atoms. The number of methoxy groups -OCH3 is 2. The van der Waals surface area contributed by atoms with E-state index >= 15 is 0 Å². The maximum Gasteiger partial charge on any atom is 0.128 e. The second-order valence-corrected chi connectivity index (χ2v) is 14.9. The fraction of sp³-hybridized carbons (Fsp3) is 0.500. The molecule has 2 aliphatic rings. The second kappa shape index (κ2) is 13.5. The minimum Gasteiger partial charge on any atom is -0.496 e. The Morgan fingerprint density at radius 3 is 1.32 bits per heavy atom. The molecule has 3 aromatic carbocycles. The highest BCUT2D eigenvalue weighted by Crippen LogP contribution is 2.59. The molecule has 0 heterocycles. The molecule has 41 heavy (non-hydrogen) atoms. The van der Waals surface area contributed by atoms with Gasteiger partial charge in [0.05, 0.1) is 14.2 Å². The molecule has 2 aliphatic carbocycles. The minimum absolute atomic E-state index is 0.427. The average Bonchev–Trinajstić information content (AvgIpc) is 3.01. The molecule has 0 aromatic heterocycles. The van der Waals surface area contributed by atoms with Crippen LogP contribution in [0.4, 0.5) is 11.4 Å². The van der Waals surface area contributed by atoms with Crippen LogP contribution in [0.5, 0.6) is 11.5 Å². The molecule has 0 saturated heterocycles. The third kappa shape index (κ3) is 6.09. The van der Waals surface area contributed by atoms with Crippen molar-refractivity contribution in [2.24, 2.45) is 0 Å². The van der Waals surface area contributed by atoms with Gasteiger partial charge in [0, 0.05) is 50.7 Å². The number of hydrogen-bond acceptors (Lipinski definition) is 4. The van der Waals surface area contributed by atoms with E-state index in [0.29, 0.717) is 0 Å². The van der Waals surface area contributed by atoms with Gasteiger partial charge in [-0.25, -0.2) is 0 Å². The van der Waals surface area contributed by atoms with E-state index in [0.717, 1.165) is 22.8 Å². The van der Waals surface area contributed by atoms with Gasteiger partial charge in [-0.3, -0.25) is 0 Å². The Hall–Kier alpha value is -2.71. The summed E-state index contributed by atoms with van der Waals surface area (Å²) < 4.78 is 12.2. The molecule has 0 N–H and O–H groups in total. The largest absolute Gasteiger partial charge is 0.496 e. The van der Waals surface area contributed by atoms with E-state index < -0.39 is 7.92 Å². The molecular formula is C36H49N2O2P. The van der Waals surface area contributed by atoms with E-state index in [1.54, 1.807) is 5.30 Å². The van der Waals surface area contributed by atoms with Gasteiger partial charge < -0.3 is 19.3 Å². The molecule has 0 atom stereocenters. The molecule has 2 fully saturated rings. The van der Waals surface area contributed by atoms with Crippen LogP contribution < -0.4 is 24.6 Å². The van der Waals surface area contributed by atoms with Crippen LogP contribution in [0.15, 0.2) is 54.6 Å². The fourth-order valence-corrected chi connectivity index (χ4v) is 11.4. The molecule has 2 saturated carbocycles. The molecule has 0 unspecified atom stereocenters. The van der Waals surface area contributed by atoms with Crippen LogP contribution in [0.2, 0.25) is 0 Å². The van der Waals surface area contributed by atoms with Crippen LogP contribution in [-0.4, -0.2) is 53.7 Å². The first-order chi connectivity index (χ1) is 20.0. The van der Waals surface area contributed by atoms with Crippen molar-refractivity contribution in [2.75, 3.05) is 52.2 Å². The summed E-state index contributed by atoms with van der Waals surface area (Å²) in [6.07, 6.45) is 13.6. The third-order valence-electron chi connectivity index (χ3n) is 9.18. The zero-order valence-corrected chi connectivity index (χ0v) is 27.0. The van der Waals surface area contributed by atoms with Crippen LogP contribution in [0.3, 0.4) is 0 Å². The van der Waals surface area contributed by atoms with E-state index in [4.69, 9.17) is 9.47 Å². The topological polar surface area (TPSA) is 24.9 Å². The highest BCUT2D eigenvalue weighted by Gasteiger charge is 2.37. The van der Waals surface area contributed by atoms with Gasteiger partial charge in [0.15, 0.2) is 0 Å². The summed E-state index contributed by atoms with van der Waals surface area (Å²) in [6, 6.07) is 20.0. The van der Waals surface area contributed by atoms with Crippen LogP contribution in [0, 0.1) is 0 Å². The lowest BCUT2D eigenvalue weighted by molar-refractivity contribution is 0.416. The Bertz CT molecular complexity index is 1210. The lowest BCUT2D eigenvalue weighted by atomic mass is 9.95. The first-order valence-electron chi connectivity index (χ1n) is 15.6. The monoisotopic (exact) mass is 572 g/mol. The van der Waals surface area contributed by atoms with Crippen molar-refractivity contribution in [3.05, 3.63) is 54.6 Å². The van der Waals surface area contributed by atoms with E-state index in [1.165, 1.54) is 97.8 Å². The van der Waals surface area contributed by atoms with Gasteiger partial charge in [0.1, 0.15) is 11.5 Å². The summed E-state index contributed by atoms with van der Waals surface area (Å²) in [7, 11) is 11.8. The van der Waals surface area contributed by atoms with Crippen molar-refractivity contribution < 1.29 is 9.47 Å². The lowest BCUT2D eigenvalue weighted by Crippen LogP contribution is -2.29. The summed E-state index contributed by atoms with van der Waals surface area (Å²) in [5.41, 5.74) is 9.07. The van der Waals surface area contributed by atoms with E-state index in [-0.39, 0.29) is 0 Å². The Morgan fingerprint density at radius 2 is 0.951 bits per heavy atom. The SMILES string of the molecule is COc1cccc(N(C)C)c1-c1cccc(-c2c(OC)cccc2N(C)C)c1P(C1CCCCC1)C1CCCCC1. The van der Waals surface area contributed by atoms with Gasteiger partial charge in [-0.15, -0.1) is 0 Å². The van der Waals surface area contributed by atoms with E-state index in [1.807, 2.05) is 14.2 Å². The fourth-order valence-electron chi connectivity index (χ4n) is 7.27. The molecule has 3 aromatic rings. The molecule has 0 amide bonds. The molecule has 0 bridgehead atoms. The Labute approximate surface area is 249 Å². The maximum atomic E-state index is 6.12. The lowest BCUT2D eigenvalue weighted by Gasteiger charge is -2.41. The number of benzene rings is 3. The van der Waals surface area contributed by atoms with Gasteiger partial charge in [0.2, 0.25) is 0 Å². The quantitative estimate of drug-likeness (QED) is 0.239. The zero-order valence-electron chi connectivity index (χ0n) is 26.1. The summed E-state index contributed by atoms with van der Waals surface area (Å²) in [4.78, 5) is 4.48. The summed E-state index contributed by atoms with van der Waals surface area (Å²) in [6.45, 7) is 0. The smallest absolute Gasteiger partial charge is 0.128 e. The standard InChI is InChI=1S/C36H49N2O2P/c1-37(2)30-22-14-24-32(39-5)34(30)28-20-13-21-29(35-31(38(3)4)23-15-25-33(35)40-6)36(28)41(26-16-9-7-10-17-26)27-18-11-8-12-19-27/h13-15,20-27H,7-12,16-19H2,1-6H3. The Kier molecular flexibility index (Phi) is 9.81. The van der Waals surface area contributed by atoms with Crippen molar-refractivity contribution in [3.8, 4) is 33.8 Å². The molecule has 5 rings (SSSR count). The molecule has 5 heteroatoms. The highest BCUT2D eigenvalue weighted by molar-refractivity contribution is 7.67. The van der Waals surface area contributed by atoms with Crippen LogP contribution >= 0.6 is 7.92 Å². The normalized spacial score (nSPS) is 16.6. The number of ether oxygens (including phenoxy) is 2. The van der Waals surface area contributed by atoms with Crippen molar-refractivity contribution in [1.29, 1.82) is 0 Å². The molecule has 220 valence electrons. The molecular weight excluding hydrogens is 523 g/mol. The van der Waals surface area contributed by atoms with Gasteiger partial charge >= 0.3 is 0 Å².